The zero-order chi connectivity index (χ0) is 11.5. The molecule has 3 nitrogen and oxygen atoms in total. The second kappa shape index (κ2) is 4.61. The zero-order valence-electron chi connectivity index (χ0n) is 8.82. The van der Waals surface area contributed by atoms with Crippen molar-refractivity contribution in [1.82, 2.24) is 5.32 Å². The third-order valence-electron chi connectivity index (χ3n) is 3.00. The first kappa shape index (κ1) is 11.1. The monoisotopic (exact) mass is 223 g/mol. The molecule has 2 rings (SSSR count). The van der Waals surface area contributed by atoms with Crippen LogP contribution in [0, 0.1) is 11.7 Å². The summed E-state index contributed by atoms with van der Waals surface area (Å²) in [5, 5.41) is 12.2. The Morgan fingerprint density at radius 3 is 3.00 bits per heavy atom. The van der Waals surface area contributed by atoms with E-state index in [9.17, 15) is 9.18 Å². The lowest BCUT2D eigenvalue weighted by atomic mass is 9.89. The number of nitrogens with one attached hydrogen (secondary N) is 1. The minimum atomic E-state index is -0.761. The maximum atomic E-state index is 13.0. The van der Waals surface area contributed by atoms with Crippen molar-refractivity contribution in [2.24, 2.45) is 5.92 Å². The van der Waals surface area contributed by atoms with Crippen LogP contribution >= 0.6 is 0 Å². The van der Waals surface area contributed by atoms with Crippen molar-refractivity contribution in [3.63, 3.8) is 0 Å². The molecular weight excluding hydrogens is 209 g/mol. The number of carbonyl (C=O) groups is 1. The topological polar surface area (TPSA) is 49.3 Å². The molecule has 0 spiro atoms. The number of hydrogen-bond acceptors (Lipinski definition) is 2. The van der Waals surface area contributed by atoms with E-state index in [2.05, 4.69) is 5.32 Å². The number of halogens is 1. The summed E-state index contributed by atoms with van der Waals surface area (Å²) in [5.74, 6) is -1.37. The van der Waals surface area contributed by atoms with Crippen molar-refractivity contribution < 1.29 is 14.3 Å². The average molecular weight is 223 g/mol. The Morgan fingerprint density at radius 1 is 1.50 bits per heavy atom. The predicted molar refractivity (Wildman–Crippen MR) is 57.5 cm³/mol. The molecule has 1 fully saturated rings. The van der Waals surface area contributed by atoms with Gasteiger partial charge in [0.1, 0.15) is 5.82 Å². The molecule has 1 heterocycles. The molecule has 1 aliphatic rings. The minimum Gasteiger partial charge on any atom is -0.481 e. The van der Waals surface area contributed by atoms with E-state index in [4.69, 9.17) is 5.11 Å². The lowest BCUT2D eigenvalue weighted by Gasteiger charge is -2.28. The van der Waals surface area contributed by atoms with Gasteiger partial charge >= 0.3 is 5.97 Å². The fourth-order valence-electron chi connectivity index (χ4n) is 2.12. The summed E-state index contributed by atoms with van der Waals surface area (Å²) in [7, 11) is 0. The zero-order valence-corrected chi connectivity index (χ0v) is 8.82. The molecule has 16 heavy (non-hydrogen) atoms. The van der Waals surface area contributed by atoms with Gasteiger partial charge in [0.2, 0.25) is 0 Å². The summed E-state index contributed by atoms with van der Waals surface area (Å²) in [6, 6.07) is 6.27. The smallest absolute Gasteiger partial charge is 0.306 e. The fraction of sp³-hybridized carbons (Fsp3) is 0.417. The van der Waals surface area contributed by atoms with E-state index in [-0.39, 0.29) is 17.8 Å². The van der Waals surface area contributed by atoms with Crippen LogP contribution in [0.2, 0.25) is 0 Å². The maximum absolute atomic E-state index is 13.0. The van der Waals surface area contributed by atoms with Crippen molar-refractivity contribution in [2.75, 3.05) is 6.54 Å². The molecule has 0 aliphatic carbocycles. The summed E-state index contributed by atoms with van der Waals surface area (Å²) >= 11 is 0. The van der Waals surface area contributed by atoms with Crippen molar-refractivity contribution in [3.8, 4) is 0 Å². The Balaban J connectivity index is 2.12. The highest BCUT2D eigenvalue weighted by molar-refractivity contribution is 5.70. The lowest BCUT2D eigenvalue weighted by Crippen LogP contribution is -2.34. The number of benzene rings is 1. The molecule has 0 aromatic heterocycles. The molecule has 2 unspecified atom stereocenters. The van der Waals surface area contributed by atoms with E-state index in [0.717, 1.165) is 5.56 Å². The van der Waals surface area contributed by atoms with Gasteiger partial charge in [-0.1, -0.05) is 12.1 Å². The summed E-state index contributed by atoms with van der Waals surface area (Å²) in [6.45, 7) is 0.665. The highest BCUT2D eigenvalue weighted by atomic mass is 19.1. The molecule has 4 heteroatoms. The normalized spacial score (nSPS) is 25.3. The fourth-order valence-corrected chi connectivity index (χ4v) is 2.12. The second-order valence-electron chi connectivity index (χ2n) is 4.12. The molecule has 0 saturated carbocycles. The minimum absolute atomic E-state index is 0.0504. The van der Waals surface area contributed by atoms with Gasteiger partial charge in [0.15, 0.2) is 0 Å². The summed E-state index contributed by atoms with van der Waals surface area (Å²) in [5.41, 5.74) is 0.825. The highest BCUT2D eigenvalue weighted by Gasteiger charge is 2.27. The first-order chi connectivity index (χ1) is 7.66. The number of rotatable bonds is 2. The van der Waals surface area contributed by atoms with Crippen LogP contribution < -0.4 is 5.32 Å². The summed E-state index contributed by atoms with van der Waals surface area (Å²) in [6.07, 6.45) is 1.17. The number of carboxylic acid groups (broad SMARTS) is 1. The lowest BCUT2D eigenvalue weighted by molar-refractivity contribution is -0.143. The Labute approximate surface area is 93.3 Å². The Bertz CT molecular complexity index is 394. The average Bonchev–Trinajstić information content (AvgIpc) is 2.29. The van der Waals surface area contributed by atoms with Crippen molar-refractivity contribution >= 4 is 5.97 Å². The number of aliphatic carboxylic acids is 1. The van der Waals surface area contributed by atoms with Gasteiger partial charge in [0, 0.05) is 6.04 Å². The van der Waals surface area contributed by atoms with Crippen LogP contribution in [0.3, 0.4) is 0 Å². The van der Waals surface area contributed by atoms with Gasteiger partial charge in [-0.25, -0.2) is 4.39 Å². The van der Waals surface area contributed by atoms with Crippen LogP contribution in [0.4, 0.5) is 4.39 Å². The molecule has 1 aromatic carbocycles. The van der Waals surface area contributed by atoms with E-state index < -0.39 is 5.97 Å². The van der Waals surface area contributed by atoms with Gasteiger partial charge in [0.25, 0.3) is 0 Å². The molecule has 1 aliphatic heterocycles. The second-order valence-corrected chi connectivity index (χ2v) is 4.12. The van der Waals surface area contributed by atoms with Crippen LogP contribution in [0.15, 0.2) is 24.3 Å². The Hall–Kier alpha value is -1.42. The van der Waals surface area contributed by atoms with Crippen LogP contribution in [0.25, 0.3) is 0 Å². The molecule has 0 bridgehead atoms. The van der Waals surface area contributed by atoms with Gasteiger partial charge in [-0.15, -0.1) is 0 Å². The van der Waals surface area contributed by atoms with Crippen molar-refractivity contribution in [2.45, 2.75) is 18.9 Å². The standard InChI is InChI=1S/C12H14FNO2/c13-10-3-1-2-8(6-10)11-7-9(12(15)16)4-5-14-11/h1-3,6,9,11,14H,4-5,7H2,(H,15,16). The SMILES string of the molecule is O=C(O)C1CCNC(c2cccc(F)c2)C1. The predicted octanol–water partition coefficient (Wildman–Crippen LogP) is 1.95. The molecule has 86 valence electrons. The number of hydrogen-bond donors (Lipinski definition) is 2. The Morgan fingerprint density at radius 2 is 2.31 bits per heavy atom. The number of carboxylic acids is 1. The van der Waals surface area contributed by atoms with E-state index in [0.29, 0.717) is 19.4 Å². The first-order valence-electron chi connectivity index (χ1n) is 5.38. The van der Waals surface area contributed by atoms with Gasteiger partial charge in [0.05, 0.1) is 5.92 Å². The molecule has 2 N–H and O–H groups in total. The summed E-state index contributed by atoms with van der Waals surface area (Å²) in [4.78, 5) is 10.9. The molecule has 2 atom stereocenters. The first-order valence-corrected chi connectivity index (χ1v) is 5.38. The van der Waals surface area contributed by atoms with E-state index in [1.165, 1.54) is 12.1 Å². The molecule has 1 saturated heterocycles. The van der Waals surface area contributed by atoms with Crippen LogP contribution in [-0.2, 0) is 4.79 Å². The maximum Gasteiger partial charge on any atom is 0.306 e. The van der Waals surface area contributed by atoms with Gasteiger partial charge in [-0.3, -0.25) is 4.79 Å². The third-order valence-corrected chi connectivity index (χ3v) is 3.00. The van der Waals surface area contributed by atoms with Crippen LogP contribution in [0.5, 0.6) is 0 Å². The summed E-state index contributed by atoms with van der Waals surface area (Å²) < 4.78 is 13.0. The Kier molecular flexibility index (Phi) is 3.19. The molecule has 0 radical (unpaired) electrons. The largest absolute Gasteiger partial charge is 0.481 e. The molecular formula is C12H14FNO2. The van der Waals surface area contributed by atoms with E-state index in [1.54, 1.807) is 6.07 Å². The van der Waals surface area contributed by atoms with Crippen LogP contribution in [0.1, 0.15) is 24.4 Å². The van der Waals surface area contributed by atoms with Gasteiger partial charge < -0.3 is 10.4 Å². The highest BCUT2D eigenvalue weighted by Crippen LogP contribution is 2.27. The quantitative estimate of drug-likeness (QED) is 0.805. The molecule has 1 aromatic rings. The van der Waals surface area contributed by atoms with Gasteiger partial charge in [-0.05, 0) is 37.1 Å². The third kappa shape index (κ3) is 2.39. The van der Waals surface area contributed by atoms with Crippen molar-refractivity contribution in [3.05, 3.63) is 35.6 Å². The van der Waals surface area contributed by atoms with Crippen LogP contribution in [-0.4, -0.2) is 17.6 Å². The molecule has 0 amide bonds. The van der Waals surface area contributed by atoms with Crippen molar-refractivity contribution in [1.29, 1.82) is 0 Å². The van der Waals surface area contributed by atoms with E-state index >= 15 is 0 Å². The van der Waals surface area contributed by atoms with E-state index in [1.807, 2.05) is 6.07 Å². The van der Waals surface area contributed by atoms with Gasteiger partial charge in [-0.2, -0.15) is 0 Å². The number of piperidine rings is 1.